The summed E-state index contributed by atoms with van der Waals surface area (Å²) in [6.45, 7) is 14.1. The van der Waals surface area contributed by atoms with Crippen LogP contribution in [0.3, 0.4) is 0 Å². The Bertz CT molecular complexity index is 164. The van der Waals surface area contributed by atoms with Gasteiger partial charge in [0.15, 0.2) is 0 Å². The fraction of sp³-hybridized carbons (Fsp3) is 1.00. The Labute approximate surface area is 89.1 Å². The summed E-state index contributed by atoms with van der Waals surface area (Å²) in [4.78, 5) is 2.60. The minimum atomic E-state index is 0.340. The van der Waals surface area contributed by atoms with Crippen molar-refractivity contribution in [1.82, 2.24) is 10.2 Å². The molecule has 0 aromatic rings. The average Bonchev–Trinajstić information content (AvgIpc) is 2.23. The Morgan fingerprint density at radius 3 is 2.64 bits per heavy atom. The molecule has 0 unspecified atom stereocenters. The molecule has 2 heteroatoms. The standard InChI is InChI=1S/C12H26N2/c1-11(2)5-8-14-9-6-12(3,4)13-7-10-14/h11,13H,5-10H2,1-4H3. The molecule has 1 N–H and O–H groups in total. The highest BCUT2D eigenvalue weighted by atomic mass is 15.2. The van der Waals surface area contributed by atoms with Gasteiger partial charge in [0.25, 0.3) is 0 Å². The van der Waals surface area contributed by atoms with E-state index in [-0.39, 0.29) is 0 Å². The zero-order valence-electron chi connectivity index (χ0n) is 10.3. The van der Waals surface area contributed by atoms with Crippen LogP contribution in [0.2, 0.25) is 0 Å². The van der Waals surface area contributed by atoms with E-state index < -0.39 is 0 Å². The highest BCUT2D eigenvalue weighted by Crippen LogP contribution is 2.13. The quantitative estimate of drug-likeness (QED) is 0.747. The minimum Gasteiger partial charge on any atom is -0.310 e. The van der Waals surface area contributed by atoms with E-state index in [1.54, 1.807) is 0 Å². The second-order valence-electron chi connectivity index (χ2n) is 5.58. The van der Waals surface area contributed by atoms with Crippen molar-refractivity contribution in [3.8, 4) is 0 Å². The molecule has 84 valence electrons. The van der Waals surface area contributed by atoms with E-state index in [4.69, 9.17) is 0 Å². The van der Waals surface area contributed by atoms with Crippen LogP contribution in [-0.4, -0.2) is 36.6 Å². The Morgan fingerprint density at radius 2 is 2.00 bits per heavy atom. The molecular formula is C12H26N2. The molecule has 1 heterocycles. The van der Waals surface area contributed by atoms with Crippen molar-refractivity contribution in [2.45, 2.75) is 46.1 Å². The van der Waals surface area contributed by atoms with Gasteiger partial charge in [0.2, 0.25) is 0 Å². The summed E-state index contributed by atoms with van der Waals surface area (Å²) in [6, 6.07) is 0. The van der Waals surface area contributed by atoms with Gasteiger partial charge >= 0.3 is 0 Å². The molecule has 14 heavy (non-hydrogen) atoms. The number of nitrogens with zero attached hydrogens (tertiary/aromatic N) is 1. The summed E-state index contributed by atoms with van der Waals surface area (Å²) >= 11 is 0. The summed E-state index contributed by atoms with van der Waals surface area (Å²) in [5.41, 5.74) is 0.340. The Kier molecular flexibility index (Phi) is 4.39. The van der Waals surface area contributed by atoms with E-state index in [1.165, 1.54) is 32.5 Å². The van der Waals surface area contributed by atoms with Crippen molar-refractivity contribution in [3.63, 3.8) is 0 Å². The van der Waals surface area contributed by atoms with Crippen LogP contribution < -0.4 is 5.32 Å². The predicted molar refractivity (Wildman–Crippen MR) is 62.6 cm³/mol. The maximum Gasteiger partial charge on any atom is 0.0137 e. The van der Waals surface area contributed by atoms with Gasteiger partial charge in [0.1, 0.15) is 0 Å². The first-order valence-corrected chi connectivity index (χ1v) is 5.97. The van der Waals surface area contributed by atoms with Crippen molar-refractivity contribution >= 4 is 0 Å². The maximum absolute atomic E-state index is 3.60. The molecular weight excluding hydrogens is 172 g/mol. The Morgan fingerprint density at radius 1 is 1.29 bits per heavy atom. The average molecular weight is 198 g/mol. The molecule has 0 amide bonds. The topological polar surface area (TPSA) is 15.3 Å². The van der Waals surface area contributed by atoms with Crippen molar-refractivity contribution in [2.24, 2.45) is 5.92 Å². The number of rotatable bonds is 3. The lowest BCUT2D eigenvalue weighted by molar-refractivity contribution is 0.267. The molecule has 1 aliphatic rings. The molecule has 0 bridgehead atoms. The van der Waals surface area contributed by atoms with Crippen molar-refractivity contribution in [3.05, 3.63) is 0 Å². The summed E-state index contributed by atoms with van der Waals surface area (Å²) in [7, 11) is 0. The molecule has 1 saturated heterocycles. The van der Waals surface area contributed by atoms with Gasteiger partial charge < -0.3 is 10.2 Å². The van der Waals surface area contributed by atoms with Crippen LogP contribution in [0, 0.1) is 5.92 Å². The Hall–Kier alpha value is -0.0800. The van der Waals surface area contributed by atoms with Crippen LogP contribution >= 0.6 is 0 Å². The fourth-order valence-electron chi connectivity index (χ4n) is 1.85. The Balaban J connectivity index is 2.28. The summed E-state index contributed by atoms with van der Waals surface area (Å²) in [5, 5.41) is 3.60. The van der Waals surface area contributed by atoms with Gasteiger partial charge in [-0.1, -0.05) is 13.8 Å². The molecule has 0 saturated carbocycles. The largest absolute Gasteiger partial charge is 0.310 e. The van der Waals surface area contributed by atoms with Gasteiger partial charge in [-0.05, 0) is 45.7 Å². The molecule has 0 radical (unpaired) electrons. The molecule has 1 rings (SSSR count). The number of hydrogen-bond acceptors (Lipinski definition) is 2. The lowest BCUT2D eigenvalue weighted by Gasteiger charge is -2.24. The van der Waals surface area contributed by atoms with Crippen LogP contribution in [0.4, 0.5) is 0 Å². The zero-order valence-corrected chi connectivity index (χ0v) is 10.3. The second kappa shape index (κ2) is 5.13. The lowest BCUT2D eigenvalue weighted by atomic mass is 10.0. The first-order valence-electron chi connectivity index (χ1n) is 5.97. The molecule has 0 aromatic carbocycles. The fourth-order valence-corrected chi connectivity index (χ4v) is 1.85. The van der Waals surface area contributed by atoms with Crippen molar-refractivity contribution in [1.29, 1.82) is 0 Å². The molecule has 0 aliphatic carbocycles. The van der Waals surface area contributed by atoms with E-state index in [0.29, 0.717) is 5.54 Å². The van der Waals surface area contributed by atoms with Crippen molar-refractivity contribution < 1.29 is 0 Å². The number of nitrogens with one attached hydrogen (secondary N) is 1. The van der Waals surface area contributed by atoms with Gasteiger partial charge in [0, 0.05) is 18.6 Å². The highest BCUT2D eigenvalue weighted by Gasteiger charge is 2.21. The zero-order chi connectivity index (χ0) is 10.6. The predicted octanol–water partition coefficient (Wildman–Crippen LogP) is 2.11. The molecule has 1 aliphatic heterocycles. The van der Waals surface area contributed by atoms with E-state index in [1.807, 2.05) is 0 Å². The third kappa shape index (κ3) is 4.43. The van der Waals surface area contributed by atoms with Gasteiger partial charge in [-0.3, -0.25) is 0 Å². The van der Waals surface area contributed by atoms with Gasteiger partial charge in [-0.2, -0.15) is 0 Å². The van der Waals surface area contributed by atoms with Gasteiger partial charge in [-0.15, -0.1) is 0 Å². The normalized spacial score (nSPS) is 23.8. The van der Waals surface area contributed by atoms with Crippen LogP contribution in [0.5, 0.6) is 0 Å². The summed E-state index contributed by atoms with van der Waals surface area (Å²) < 4.78 is 0. The van der Waals surface area contributed by atoms with E-state index >= 15 is 0 Å². The molecule has 0 atom stereocenters. The third-order valence-electron chi connectivity index (χ3n) is 3.11. The van der Waals surface area contributed by atoms with Gasteiger partial charge in [-0.25, -0.2) is 0 Å². The monoisotopic (exact) mass is 198 g/mol. The summed E-state index contributed by atoms with van der Waals surface area (Å²) in [5.74, 6) is 0.833. The maximum atomic E-state index is 3.60. The summed E-state index contributed by atoms with van der Waals surface area (Å²) in [6.07, 6.45) is 2.60. The first kappa shape index (κ1) is 12.0. The molecule has 0 spiro atoms. The smallest absolute Gasteiger partial charge is 0.0137 e. The third-order valence-corrected chi connectivity index (χ3v) is 3.11. The van der Waals surface area contributed by atoms with Gasteiger partial charge in [0.05, 0.1) is 0 Å². The second-order valence-corrected chi connectivity index (χ2v) is 5.58. The number of hydrogen-bond donors (Lipinski definition) is 1. The van der Waals surface area contributed by atoms with Crippen LogP contribution in [-0.2, 0) is 0 Å². The highest BCUT2D eigenvalue weighted by molar-refractivity contribution is 4.82. The minimum absolute atomic E-state index is 0.340. The molecule has 1 fully saturated rings. The van der Waals surface area contributed by atoms with Crippen LogP contribution in [0.15, 0.2) is 0 Å². The lowest BCUT2D eigenvalue weighted by Crippen LogP contribution is -2.39. The van der Waals surface area contributed by atoms with E-state index in [2.05, 4.69) is 37.9 Å². The van der Waals surface area contributed by atoms with Crippen molar-refractivity contribution in [2.75, 3.05) is 26.2 Å². The first-order chi connectivity index (χ1) is 6.49. The van der Waals surface area contributed by atoms with E-state index in [0.717, 1.165) is 12.5 Å². The van der Waals surface area contributed by atoms with Crippen LogP contribution in [0.25, 0.3) is 0 Å². The van der Waals surface area contributed by atoms with Crippen LogP contribution in [0.1, 0.15) is 40.5 Å². The molecule has 0 aromatic heterocycles. The SMILES string of the molecule is CC(C)CCN1CCNC(C)(C)CC1. The van der Waals surface area contributed by atoms with E-state index in [9.17, 15) is 0 Å². The molecule has 2 nitrogen and oxygen atoms in total.